The number of hydrogen-bond acceptors (Lipinski definition) is 4. The highest BCUT2D eigenvalue weighted by molar-refractivity contribution is 7.14. The normalized spacial score (nSPS) is 11.3. The van der Waals surface area contributed by atoms with Crippen LogP contribution in [0.2, 0.25) is 0 Å². The van der Waals surface area contributed by atoms with E-state index in [2.05, 4.69) is 63.1 Å². The molecule has 1 aromatic heterocycles. The Balaban J connectivity index is 1.66. The average Bonchev–Trinajstić information content (AvgIpc) is 3.09. The van der Waals surface area contributed by atoms with E-state index in [4.69, 9.17) is 4.74 Å². The molecule has 0 bridgehead atoms. The van der Waals surface area contributed by atoms with Gasteiger partial charge in [-0.25, -0.2) is 4.98 Å². The molecule has 2 aromatic carbocycles. The van der Waals surface area contributed by atoms with Crippen LogP contribution in [0.15, 0.2) is 47.8 Å². The van der Waals surface area contributed by atoms with Crippen LogP contribution in [0.25, 0.3) is 11.3 Å². The minimum Gasteiger partial charge on any atom is -0.483 e. The van der Waals surface area contributed by atoms with E-state index in [0.717, 1.165) is 28.1 Å². The van der Waals surface area contributed by atoms with E-state index < -0.39 is 0 Å². The molecule has 0 aliphatic heterocycles. The van der Waals surface area contributed by atoms with Crippen molar-refractivity contribution in [3.63, 3.8) is 0 Å². The van der Waals surface area contributed by atoms with Crippen molar-refractivity contribution < 1.29 is 9.53 Å². The van der Waals surface area contributed by atoms with Gasteiger partial charge in [-0.3, -0.25) is 10.1 Å². The van der Waals surface area contributed by atoms with Gasteiger partial charge in [0.2, 0.25) is 0 Å². The number of nitrogens with one attached hydrogen (secondary N) is 1. The van der Waals surface area contributed by atoms with Crippen LogP contribution in [0.5, 0.6) is 5.75 Å². The van der Waals surface area contributed by atoms with E-state index in [1.54, 1.807) is 0 Å². The van der Waals surface area contributed by atoms with Crippen molar-refractivity contribution in [2.75, 3.05) is 11.9 Å². The molecule has 0 saturated carbocycles. The highest BCUT2D eigenvalue weighted by Crippen LogP contribution is 2.31. The number of ether oxygens (including phenoxy) is 1. The Labute approximate surface area is 170 Å². The number of para-hydroxylation sites is 1. The van der Waals surface area contributed by atoms with Crippen molar-refractivity contribution in [2.24, 2.45) is 0 Å². The predicted molar refractivity (Wildman–Crippen MR) is 116 cm³/mol. The monoisotopic (exact) mass is 394 g/mol. The van der Waals surface area contributed by atoms with Gasteiger partial charge in [0.05, 0.1) is 5.69 Å². The van der Waals surface area contributed by atoms with Gasteiger partial charge in [-0.1, -0.05) is 56.7 Å². The summed E-state index contributed by atoms with van der Waals surface area (Å²) in [6, 6.07) is 14.1. The lowest BCUT2D eigenvalue weighted by Gasteiger charge is -2.22. The van der Waals surface area contributed by atoms with Gasteiger partial charge >= 0.3 is 0 Å². The van der Waals surface area contributed by atoms with Gasteiger partial charge < -0.3 is 4.74 Å². The van der Waals surface area contributed by atoms with Gasteiger partial charge in [0.1, 0.15) is 5.75 Å². The fraction of sp³-hybridized carbons (Fsp3) is 0.304. The second-order valence-corrected chi connectivity index (χ2v) is 8.80. The van der Waals surface area contributed by atoms with Crippen molar-refractivity contribution >= 4 is 22.4 Å². The van der Waals surface area contributed by atoms with Crippen molar-refractivity contribution in [2.45, 2.75) is 40.0 Å². The molecule has 28 heavy (non-hydrogen) atoms. The Hall–Kier alpha value is -2.66. The zero-order valence-electron chi connectivity index (χ0n) is 17.0. The highest BCUT2D eigenvalue weighted by Gasteiger charge is 2.19. The maximum absolute atomic E-state index is 12.3. The molecule has 0 saturated heterocycles. The highest BCUT2D eigenvalue weighted by atomic mass is 32.1. The maximum atomic E-state index is 12.3. The summed E-state index contributed by atoms with van der Waals surface area (Å²) in [6.45, 7) is 10.4. The molecule has 3 aromatic rings. The molecular weight excluding hydrogens is 368 g/mol. The number of nitrogens with zero attached hydrogens (tertiary/aromatic N) is 1. The van der Waals surface area contributed by atoms with E-state index in [0.29, 0.717) is 5.13 Å². The molecule has 1 amide bonds. The van der Waals surface area contributed by atoms with Gasteiger partial charge in [-0.05, 0) is 42.5 Å². The lowest BCUT2D eigenvalue weighted by Crippen LogP contribution is -2.21. The van der Waals surface area contributed by atoms with Crippen molar-refractivity contribution in [3.05, 3.63) is 64.5 Å². The predicted octanol–water partition coefficient (Wildman–Crippen LogP) is 5.74. The molecule has 0 unspecified atom stereocenters. The SMILES string of the molecule is Cc1ccc(C)c(-c2csc(NC(=O)COc3ccccc3C(C)(C)C)n2)c1. The molecule has 0 aliphatic rings. The van der Waals surface area contributed by atoms with Crippen LogP contribution in [0.4, 0.5) is 5.13 Å². The summed E-state index contributed by atoms with van der Waals surface area (Å²) in [7, 11) is 0. The summed E-state index contributed by atoms with van der Waals surface area (Å²) >= 11 is 1.42. The number of amides is 1. The van der Waals surface area contributed by atoms with Gasteiger partial charge in [-0.2, -0.15) is 0 Å². The van der Waals surface area contributed by atoms with Crippen LogP contribution in [-0.2, 0) is 10.2 Å². The fourth-order valence-corrected chi connectivity index (χ4v) is 3.70. The third kappa shape index (κ3) is 4.78. The smallest absolute Gasteiger partial charge is 0.264 e. The van der Waals surface area contributed by atoms with Gasteiger partial charge in [0.25, 0.3) is 5.91 Å². The molecule has 0 fully saturated rings. The van der Waals surface area contributed by atoms with Crippen LogP contribution in [0.1, 0.15) is 37.5 Å². The number of thiazole rings is 1. The van der Waals surface area contributed by atoms with E-state index in [1.165, 1.54) is 16.9 Å². The topological polar surface area (TPSA) is 51.2 Å². The fourth-order valence-electron chi connectivity index (χ4n) is 2.98. The molecule has 1 heterocycles. The summed E-state index contributed by atoms with van der Waals surface area (Å²) in [4.78, 5) is 16.9. The Morgan fingerprint density at radius 1 is 1.14 bits per heavy atom. The van der Waals surface area contributed by atoms with Crippen LogP contribution in [0.3, 0.4) is 0 Å². The first kappa shape index (κ1) is 20.1. The standard InChI is InChI=1S/C23H26N2O2S/c1-15-10-11-16(2)17(12-15)19-14-28-22(24-19)25-21(26)13-27-20-9-7-6-8-18(20)23(3,4)5/h6-12,14H,13H2,1-5H3,(H,24,25,26). The Morgan fingerprint density at radius 3 is 2.64 bits per heavy atom. The number of aromatic nitrogens is 1. The van der Waals surface area contributed by atoms with E-state index >= 15 is 0 Å². The van der Waals surface area contributed by atoms with Crippen LogP contribution in [0, 0.1) is 13.8 Å². The van der Waals surface area contributed by atoms with Gasteiger partial charge in [0, 0.05) is 10.9 Å². The molecule has 5 heteroatoms. The Morgan fingerprint density at radius 2 is 1.89 bits per heavy atom. The van der Waals surface area contributed by atoms with E-state index in [9.17, 15) is 4.79 Å². The van der Waals surface area contributed by atoms with Crippen molar-refractivity contribution in [1.82, 2.24) is 4.98 Å². The number of carbonyl (C=O) groups is 1. The lowest BCUT2D eigenvalue weighted by molar-refractivity contribution is -0.118. The molecule has 146 valence electrons. The molecule has 0 aliphatic carbocycles. The van der Waals surface area contributed by atoms with Gasteiger partial charge in [-0.15, -0.1) is 11.3 Å². The first-order valence-corrected chi connectivity index (χ1v) is 10.2. The number of carbonyl (C=O) groups excluding carboxylic acids is 1. The first-order chi connectivity index (χ1) is 13.2. The van der Waals surface area contributed by atoms with E-state index in [1.807, 2.05) is 29.6 Å². The molecule has 0 radical (unpaired) electrons. The average molecular weight is 395 g/mol. The zero-order chi connectivity index (χ0) is 20.3. The van der Waals surface area contributed by atoms with Crippen molar-refractivity contribution in [1.29, 1.82) is 0 Å². The molecule has 0 spiro atoms. The minimum atomic E-state index is -0.217. The summed E-state index contributed by atoms with van der Waals surface area (Å²) in [5.74, 6) is 0.519. The van der Waals surface area contributed by atoms with E-state index in [-0.39, 0.29) is 17.9 Å². The molecule has 1 N–H and O–H groups in total. The van der Waals surface area contributed by atoms with Crippen LogP contribution >= 0.6 is 11.3 Å². The zero-order valence-corrected chi connectivity index (χ0v) is 17.8. The first-order valence-electron chi connectivity index (χ1n) is 9.29. The second kappa shape index (κ2) is 8.15. The summed E-state index contributed by atoms with van der Waals surface area (Å²) in [6.07, 6.45) is 0. The number of rotatable bonds is 5. The molecule has 3 rings (SSSR count). The summed E-state index contributed by atoms with van der Waals surface area (Å²) in [5.41, 5.74) is 5.34. The Kier molecular flexibility index (Phi) is 5.84. The van der Waals surface area contributed by atoms with Crippen molar-refractivity contribution in [3.8, 4) is 17.0 Å². The largest absolute Gasteiger partial charge is 0.483 e. The Bertz CT molecular complexity index is 986. The van der Waals surface area contributed by atoms with Crippen LogP contribution < -0.4 is 10.1 Å². The minimum absolute atomic E-state index is 0.0501. The number of aryl methyl sites for hydroxylation is 2. The van der Waals surface area contributed by atoms with Gasteiger partial charge in [0.15, 0.2) is 11.7 Å². The lowest BCUT2D eigenvalue weighted by atomic mass is 9.86. The second-order valence-electron chi connectivity index (χ2n) is 7.94. The number of benzene rings is 2. The van der Waals surface area contributed by atoms with Crippen LogP contribution in [-0.4, -0.2) is 17.5 Å². The molecule has 0 atom stereocenters. The third-order valence-corrected chi connectivity index (χ3v) is 5.23. The number of hydrogen-bond donors (Lipinski definition) is 1. The summed E-state index contributed by atoms with van der Waals surface area (Å²) in [5, 5.41) is 5.38. The third-order valence-electron chi connectivity index (χ3n) is 4.47. The number of anilines is 1. The summed E-state index contributed by atoms with van der Waals surface area (Å²) < 4.78 is 5.79. The quantitative estimate of drug-likeness (QED) is 0.600. The maximum Gasteiger partial charge on any atom is 0.264 e. The molecular formula is C23H26N2O2S. The molecule has 4 nitrogen and oxygen atoms in total.